The molecule has 1 aliphatic heterocycles. The summed E-state index contributed by atoms with van der Waals surface area (Å²) in [4.78, 5) is 32.2. The molecule has 0 atom stereocenters. The maximum Gasteiger partial charge on any atom is 0.258 e. The van der Waals surface area contributed by atoms with Gasteiger partial charge in [-0.25, -0.2) is 4.98 Å². The van der Waals surface area contributed by atoms with Crippen molar-refractivity contribution in [2.75, 3.05) is 26.1 Å². The zero-order chi connectivity index (χ0) is 21.8. The molecular weight excluding hydrogens is 434 g/mol. The van der Waals surface area contributed by atoms with E-state index in [-0.39, 0.29) is 11.8 Å². The Morgan fingerprint density at radius 2 is 2.03 bits per heavy atom. The van der Waals surface area contributed by atoms with Crippen LogP contribution < -0.4 is 14.8 Å². The summed E-state index contributed by atoms with van der Waals surface area (Å²) in [7, 11) is 3.16. The zero-order valence-electron chi connectivity index (χ0n) is 17.1. The number of hydrogen-bond donors (Lipinski definition) is 1. The molecule has 0 fully saturated rings. The molecule has 1 N–H and O–H groups in total. The van der Waals surface area contributed by atoms with Crippen LogP contribution in [0.2, 0.25) is 0 Å². The fraction of sp³-hybridized carbons (Fsp3) is 0.227. The predicted octanol–water partition coefficient (Wildman–Crippen LogP) is 4.07. The number of thiophene rings is 1. The lowest BCUT2D eigenvalue weighted by Gasteiger charge is -2.24. The molecule has 31 heavy (non-hydrogen) atoms. The van der Waals surface area contributed by atoms with Gasteiger partial charge in [0.2, 0.25) is 5.91 Å². The van der Waals surface area contributed by atoms with Gasteiger partial charge < -0.3 is 14.4 Å². The van der Waals surface area contributed by atoms with E-state index >= 15 is 0 Å². The Kier molecular flexibility index (Phi) is 6.34. The van der Waals surface area contributed by atoms with Crippen LogP contribution in [-0.4, -0.2) is 42.5 Å². The van der Waals surface area contributed by atoms with Crippen LogP contribution in [0, 0.1) is 0 Å². The molecule has 0 aliphatic carbocycles. The Morgan fingerprint density at radius 1 is 1.19 bits per heavy atom. The maximum atomic E-state index is 12.7. The molecule has 0 saturated heterocycles. The van der Waals surface area contributed by atoms with Gasteiger partial charge in [-0.05, 0) is 35.2 Å². The minimum absolute atomic E-state index is 0.0716. The fourth-order valence-corrected chi connectivity index (χ4v) is 4.88. The molecule has 2 amide bonds. The Hall–Kier alpha value is -3.17. The Labute approximate surface area is 187 Å². The van der Waals surface area contributed by atoms with Gasteiger partial charge in [0.15, 0.2) is 16.6 Å². The number of carbonyl (C=O) groups excluding carboxylic acids is 2. The average Bonchev–Trinajstić information content (AvgIpc) is 3.46. The van der Waals surface area contributed by atoms with Crippen molar-refractivity contribution < 1.29 is 19.1 Å². The molecule has 0 saturated carbocycles. The highest BCUT2D eigenvalue weighted by molar-refractivity contribution is 7.16. The molecule has 0 spiro atoms. The molecule has 1 aromatic carbocycles. The standard InChI is InChI=1S/C22H21N3O4S2/c1-28-17-5-3-14(11-18(17)29-2)4-6-20(26)25-9-7-16-19(12-25)31-22(23-16)24-21(27)15-8-10-30-13-15/h3-6,8,10-11,13H,7,9,12H2,1-2H3,(H,23,24,27)/b6-4+. The molecule has 0 radical (unpaired) electrons. The topological polar surface area (TPSA) is 80.8 Å². The highest BCUT2D eigenvalue weighted by Crippen LogP contribution is 2.30. The van der Waals surface area contributed by atoms with Crippen molar-refractivity contribution in [2.24, 2.45) is 0 Å². The summed E-state index contributed by atoms with van der Waals surface area (Å²) >= 11 is 2.89. The molecule has 160 valence electrons. The molecule has 0 bridgehead atoms. The number of ether oxygens (including phenoxy) is 2. The van der Waals surface area contributed by atoms with Crippen LogP contribution in [0.25, 0.3) is 6.08 Å². The van der Waals surface area contributed by atoms with E-state index in [1.54, 1.807) is 48.8 Å². The average molecular weight is 456 g/mol. The van der Waals surface area contributed by atoms with Crippen LogP contribution in [0.15, 0.2) is 41.1 Å². The summed E-state index contributed by atoms with van der Waals surface area (Å²) in [6.45, 7) is 1.07. The first-order chi connectivity index (χ1) is 15.1. The second-order valence-corrected chi connectivity index (χ2v) is 8.68. The van der Waals surface area contributed by atoms with Crippen LogP contribution in [0.1, 0.15) is 26.5 Å². The van der Waals surface area contributed by atoms with Crippen molar-refractivity contribution in [3.05, 3.63) is 62.8 Å². The lowest BCUT2D eigenvalue weighted by Crippen LogP contribution is -2.34. The number of amides is 2. The number of thiazole rings is 1. The number of carbonyl (C=O) groups is 2. The first kappa shape index (κ1) is 21.1. The summed E-state index contributed by atoms with van der Waals surface area (Å²) in [5.74, 6) is 1.01. The van der Waals surface area contributed by atoms with E-state index in [4.69, 9.17) is 9.47 Å². The summed E-state index contributed by atoms with van der Waals surface area (Å²) < 4.78 is 10.5. The van der Waals surface area contributed by atoms with Crippen LogP contribution in [0.3, 0.4) is 0 Å². The molecule has 7 nitrogen and oxygen atoms in total. The van der Waals surface area contributed by atoms with Gasteiger partial charge in [-0.15, -0.1) is 0 Å². The minimum atomic E-state index is -0.168. The quantitative estimate of drug-likeness (QED) is 0.567. The van der Waals surface area contributed by atoms with Crippen molar-refractivity contribution >= 4 is 45.7 Å². The summed E-state index contributed by atoms with van der Waals surface area (Å²) in [5, 5.41) is 7.08. The van der Waals surface area contributed by atoms with Crippen LogP contribution in [0.5, 0.6) is 11.5 Å². The SMILES string of the molecule is COc1ccc(/C=C/C(=O)N2CCc3nc(NC(=O)c4ccsc4)sc3C2)cc1OC. The Morgan fingerprint density at radius 3 is 2.77 bits per heavy atom. The summed E-state index contributed by atoms with van der Waals surface area (Å²) in [6, 6.07) is 7.27. The second-order valence-electron chi connectivity index (χ2n) is 6.81. The summed E-state index contributed by atoms with van der Waals surface area (Å²) in [6.07, 6.45) is 3.99. The van der Waals surface area contributed by atoms with Crippen molar-refractivity contribution in [3.8, 4) is 11.5 Å². The largest absolute Gasteiger partial charge is 0.493 e. The summed E-state index contributed by atoms with van der Waals surface area (Å²) in [5.41, 5.74) is 2.41. The van der Waals surface area contributed by atoms with Gasteiger partial charge in [0.05, 0.1) is 32.0 Å². The number of rotatable bonds is 6. The number of nitrogens with zero attached hydrogens (tertiary/aromatic N) is 2. The third-order valence-electron chi connectivity index (χ3n) is 4.87. The van der Waals surface area contributed by atoms with E-state index in [9.17, 15) is 9.59 Å². The van der Waals surface area contributed by atoms with Gasteiger partial charge in [-0.1, -0.05) is 17.4 Å². The first-order valence-corrected chi connectivity index (χ1v) is 11.3. The first-order valence-electron chi connectivity index (χ1n) is 9.58. The van der Waals surface area contributed by atoms with E-state index in [2.05, 4.69) is 10.3 Å². The van der Waals surface area contributed by atoms with Crippen LogP contribution in [0.4, 0.5) is 5.13 Å². The third kappa shape index (κ3) is 4.78. The molecule has 2 aromatic heterocycles. The van der Waals surface area contributed by atoms with Gasteiger partial charge in [0, 0.05) is 29.3 Å². The van der Waals surface area contributed by atoms with Crippen molar-refractivity contribution in [2.45, 2.75) is 13.0 Å². The van der Waals surface area contributed by atoms with Gasteiger partial charge in [0.1, 0.15) is 0 Å². The highest BCUT2D eigenvalue weighted by atomic mass is 32.1. The van der Waals surface area contributed by atoms with E-state index in [0.717, 1.165) is 16.1 Å². The molecular formula is C22H21N3O4S2. The zero-order valence-corrected chi connectivity index (χ0v) is 18.7. The van der Waals surface area contributed by atoms with Crippen LogP contribution >= 0.6 is 22.7 Å². The monoisotopic (exact) mass is 455 g/mol. The van der Waals surface area contributed by atoms with Crippen molar-refractivity contribution in [1.29, 1.82) is 0 Å². The van der Waals surface area contributed by atoms with Gasteiger partial charge in [-0.2, -0.15) is 11.3 Å². The molecule has 3 heterocycles. The van der Waals surface area contributed by atoms with Gasteiger partial charge >= 0.3 is 0 Å². The smallest absolute Gasteiger partial charge is 0.258 e. The molecule has 9 heteroatoms. The predicted molar refractivity (Wildman–Crippen MR) is 122 cm³/mol. The number of fused-ring (bicyclic) bond motifs is 1. The van der Waals surface area contributed by atoms with Crippen molar-refractivity contribution in [3.63, 3.8) is 0 Å². The number of aromatic nitrogens is 1. The van der Waals surface area contributed by atoms with Gasteiger partial charge in [-0.3, -0.25) is 14.9 Å². The minimum Gasteiger partial charge on any atom is -0.493 e. The number of methoxy groups -OCH3 is 2. The number of nitrogens with one attached hydrogen (secondary N) is 1. The number of benzene rings is 1. The fourth-order valence-electron chi connectivity index (χ4n) is 3.23. The lowest BCUT2D eigenvalue weighted by atomic mass is 10.1. The normalized spacial score (nSPS) is 13.2. The van der Waals surface area contributed by atoms with E-state index in [1.807, 2.05) is 17.5 Å². The molecule has 3 aromatic rings. The molecule has 1 aliphatic rings. The van der Waals surface area contributed by atoms with Crippen molar-refractivity contribution in [1.82, 2.24) is 9.88 Å². The maximum absolute atomic E-state index is 12.7. The lowest BCUT2D eigenvalue weighted by molar-refractivity contribution is -0.126. The third-order valence-corrected chi connectivity index (χ3v) is 6.55. The Bertz CT molecular complexity index is 1120. The van der Waals surface area contributed by atoms with Crippen LogP contribution in [-0.2, 0) is 17.8 Å². The highest BCUT2D eigenvalue weighted by Gasteiger charge is 2.23. The number of anilines is 1. The molecule has 0 unspecified atom stereocenters. The number of hydrogen-bond acceptors (Lipinski definition) is 7. The Balaban J connectivity index is 1.40. The van der Waals surface area contributed by atoms with Gasteiger partial charge in [0.25, 0.3) is 5.91 Å². The second kappa shape index (κ2) is 9.32. The van der Waals surface area contributed by atoms with E-state index < -0.39 is 0 Å². The van der Waals surface area contributed by atoms with E-state index in [1.165, 1.54) is 22.7 Å². The van der Waals surface area contributed by atoms with E-state index in [0.29, 0.717) is 41.7 Å². The molecule has 4 rings (SSSR count).